The molecule has 0 aromatic heterocycles. The van der Waals surface area contributed by atoms with Crippen LogP contribution in [0.2, 0.25) is 0 Å². The van der Waals surface area contributed by atoms with E-state index in [1.54, 1.807) is 13.2 Å². The molecule has 1 heterocycles. The molecule has 1 N–H and O–H groups in total. The Kier molecular flexibility index (Phi) is 3.84. The highest BCUT2D eigenvalue weighted by Gasteiger charge is 2.21. The van der Waals surface area contributed by atoms with E-state index < -0.39 is 0 Å². The van der Waals surface area contributed by atoms with E-state index in [2.05, 4.69) is 17.1 Å². The summed E-state index contributed by atoms with van der Waals surface area (Å²) in [6, 6.07) is 5.32. The molecular weight excluding hydrogens is 219 g/mol. The van der Waals surface area contributed by atoms with Gasteiger partial charge in [-0.3, -0.25) is 0 Å². The number of rotatable bonds is 3. The number of anilines is 1. The molecule has 1 aliphatic heterocycles. The predicted molar refractivity (Wildman–Crippen MR) is 67.2 cm³/mol. The predicted octanol–water partition coefficient (Wildman–Crippen LogP) is 2.02. The topological polar surface area (TPSA) is 24.5 Å². The summed E-state index contributed by atoms with van der Waals surface area (Å²) in [7, 11) is 1.56. The lowest BCUT2D eigenvalue weighted by molar-refractivity contribution is 0.410. The van der Waals surface area contributed by atoms with Crippen molar-refractivity contribution >= 4 is 5.69 Å². The molecule has 94 valence electrons. The van der Waals surface area contributed by atoms with E-state index in [0.29, 0.717) is 11.8 Å². The highest BCUT2D eigenvalue weighted by Crippen LogP contribution is 2.26. The van der Waals surface area contributed by atoms with Gasteiger partial charge in [0.05, 0.1) is 7.11 Å². The summed E-state index contributed by atoms with van der Waals surface area (Å²) in [5.41, 5.74) is 0.912. The first-order chi connectivity index (χ1) is 8.24. The largest absolute Gasteiger partial charge is 0.497 e. The third-order valence-electron chi connectivity index (χ3n) is 3.24. The third kappa shape index (κ3) is 2.69. The Balaban J connectivity index is 2.27. The van der Waals surface area contributed by atoms with Crippen molar-refractivity contribution in [1.82, 2.24) is 5.32 Å². The Morgan fingerprint density at radius 2 is 2.29 bits per heavy atom. The van der Waals surface area contributed by atoms with E-state index in [1.807, 2.05) is 6.07 Å². The number of hydrogen-bond acceptors (Lipinski definition) is 3. The fourth-order valence-corrected chi connectivity index (χ4v) is 2.30. The fraction of sp³-hybridized carbons (Fsp3) is 0.538. The van der Waals surface area contributed by atoms with Crippen molar-refractivity contribution in [2.24, 2.45) is 0 Å². The molecule has 1 unspecified atom stereocenters. The van der Waals surface area contributed by atoms with Crippen LogP contribution in [0.1, 0.15) is 13.3 Å². The van der Waals surface area contributed by atoms with Crippen LogP contribution in [0.5, 0.6) is 5.75 Å². The number of hydrogen-bond donors (Lipinski definition) is 1. The molecule has 1 saturated heterocycles. The summed E-state index contributed by atoms with van der Waals surface area (Å²) in [5.74, 6) is 0.334. The molecule has 1 fully saturated rings. The molecule has 0 bridgehead atoms. The molecule has 0 amide bonds. The standard InChI is InChI=1S/C13H19FN2O/c1-3-11-9-15-4-5-16(11)12-6-10(14)7-13(8-12)17-2/h6-8,11,15H,3-5,9H2,1-2H3. The Labute approximate surface area is 102 Å². The third-order valence-corrected chi connectivity index (χ3v) is 3.24. The number of halogens is 1. The molecule has 1 aromatic carbocycles. The second-order valence-electron chi connectivity index (χ2n) is 4.31. The van der Waals surface area contributed by atoms with Crippen molar-refractivity contribution in [3.05, 3.63) is 24.0 Å². The van der Waals surface area contributed by atoms with Gasteiger partial charge < -0.3 is 15.0 Å². The first-order valence-corrected chi connectivity index (χ1v) is 6.06. The second kappa shape index (κ2) is 5.36. The van der Waals surface area contributed by atoms with E-state index in [-0.39, 0.29) is 5.82 Å². The molecule has 1 aromatic rings. The zero-order chi connectivity index (χ0) is 12.3. The van der Waals surface area contributed by atoms with E-state index in [4.69, 9.17) is 4.74 Å². The summed E-state index contributed by atoms with van der Waals surface area (Å²) in [5, 5.41) is 3.36. The normalized spacial score (nSPS) is 20.4. The van der Waals surface area contributed by atoms with Gasteiger partial charge in [0.15, 0.2) is 0 Å². The van der Waals surface area contributed by atoms with Crippen LogP contribution in [0.4, 0.5) is 10.1 Å². The van der Waals surface area contributed by atoms with Crippen molar-refractivity contribution in [3.8, 4) is 5.75 Å². The van der Waals surface area contributed by atoms with Crippen molar-refractivity contribution in [2.75, 3.05) is 31.6 Å². The van der Waals surface area contributed by atoms with Crippen molar-refractivity contribution < 1.29 is 9.13 Å². The van der Waals surface area contributed by atoms with Gasteiger partial charge in [-0.15, -0.1) is 0 Å². The number of nitrogens with one attached hydrogen (secondary N) is 1. The fourth-order valence-electron chi connectivity index (χ4n) is 2.30. The molecule has 2 rings (SSSR count). The van der Waals surface area contributed by atoms with Crippen LogP contribution in [-0.4, -0.2) is 32.8 Å². The maximum atomic E-state index is 13.5. The van der Waals surface area contributed by atoms with Gasteiger partial charge in [-0.1, -0.05) is 6.92 Å². The van der Waals surface area contributed by atoms with Gasteiger partial charge in [0.25, 0.3) is 0 Å². The van der Waals surface area contributed by atoms with Crippen LogP contribution >= 0.6 is 0 Å². The van der Waals surface area contributed by atoms with Crippen LogP contribution in [0.25, 0.3) is 0 Å². The highest BCUT2D eigenvalue weighted by atomic mass is 19.1. The minimum absolute atomic E-state index is 0.243. The monoisotopic (exact) mass is 238 g/mol. The average molecular weight is 238 g/mol. The van der Waals surface area contributed by atoms with Gasteiger partial charge in [-0.05, 0) is 12.5 Å². The Morgan fingerprint density at radius 1 is 1.47 bits per heavy atom. The molecule has 0 radical (unpaired) electrons. The Morgan fingerprint density at radius 3 is 3.00 bits per heavy atom. The summed E-state index contributed by atoms with van der Waals surface area (Å²) in [6.07, 6.45) is 1.05. The number of ether oxygens (including phenoxy) is 1. The number of piperazine rings is 1. The first kappa shape index (κ1) is 12.2. The zero-order valence-electron chi connectivity index (χ0n) is 10.4. The maximum Gasteiger partial charge on any atom is 0.128 e. The van der Waals surface area contributed by atoms with Gasteiger partial charge in [0.2, 0.25) is 0 Å². The smallest absolute Gasteiger partial charge is 0.128 e. The molecule has 0 aliphatic carbocycles. The van der Waals surface area contributed by atoms with Crippen molar-refractivity contribution in [3.63, 3.8) is 0 Å². The lowest BCUT2D eigenvalue weighted by Gasteiger charge is -2.37. The van der Waals surface area contributed by atoms with Crippen LogP contribution in [0, 0.1) is 5.82 Å². The van der Waals surface area contributed by atoms with Gasteiger partial charge >= 0.3 is 0 Å². The van der Waals surface area contributed by atoms with Crippen LogP contribution in [0.15, 0.2) is 18.2 Å². The molecule has 4 heteroatoms. The maximum absolute atomic E-state index is 13.5. The summed E-state index contributed by atoms with van der Waals surface area (Å²) in [6.45, 7) is 4.96. The SMILES string of the molecule is CCC1CNCCN1c1cc(F)cc(OC)c1. The Hall–Kier alpha value is -1.29. The lowest BCUT2D eigenvalue weighted by Crippen LogP contribution is -2.51. The van der Waals surface area contributed by atoms with Gasteiger partial charge in [0, 0.05) is 43.5 Å². The van der Waals surface area contributed by atoms with Crippen LogP contribution in [-0.2, 0) is 0 Å². The van der Waals surface area contributed by atoms with Gasteiger partial charge in [-0.25, -0.2) is 4.39 Å². The van der Waals surface area contributed by atoms with E-state index in [9.17, 15) is 4.39 Å². The van der Waals surface area contributed by atoms with Crippen molar-refractivity contribution in [2.45, 2.75) is 19.4 Å². The summed E-state index contributed by atoms with van der Waals surface area (Å²) >= 11 is 0. The highest BCUT2D eigenvalue weighted by molar-refractivity contribution is 5.52. The molecule has 0 spiro atoms. The molecule has 3 nitrogen and oxygen atoms in total. The number of methoxy groups -OCH3 is 1. The Bertz CT molecular complexity index is 384. The molecule has 1 atom stereocenters. The quantitative estimate of drug-likeness (QED) is 0.872. The minimum Gasteiger partial charge on any atom is -0.497 e. The lowest BCUT2D eigenvalue weighted by atomic mass is 10.1. The minimum atomic E-state index is -0.243. The second-order valence-corrected chi connectivity index (χ2v) is 4.31. The molecule has 17 heavy (non-hydrogen) atoms. The van der Waals surface area contributed by atoms with Gasteiger partial charge in [0.1, 0.15) is 11.6 Å². The molecule has 1 aliphatic rings. The van der Waals surface area contributed by atoms with E-state index >= 15 is 0 Å². The van der Waals surface area contributed by atoms with Crippen LogP contribution < -0.4 is 15.0 Å². The zero-order valence-corrected chi connectivity index (χ0v) is 10.4. The van der Waals surface area contributed by atoms with Gasteiger partial charge in [-0.2, -0.15) is 0 Å². The average Bonchev–Trinajstić information content (AvgIpc) is 2.37. The number of benzene rings is 1. The van der Waals surface area contributed by atoms with Crippen LogP contribution in [0.3, 0.4) is 0 Å². The first-order valence-electron chi connectivity index (χ1n) is 6.06. The summed E-state index contributed by atoms with van der Waals surface area (Å²) < 4.78 is 18.6. The molecular formula is C13H19FN2O. The van der Waals surface area contributed by atoms with E-state index in [1.165, 1.54) is 6.07 Å². The summed E-state index contributed by atoms with van der Waals surface area (Å²) in [4.78, 5) is 2.25. The van der Waals surface area contributed by atoms with E-state index in [0.717, 1.165) is 31.7 Å². The molecule has 0 saturated carbocycles. The number of nitrogens with zero attached hydrogens (tertiary/aromatic N) is 1. The van der Waals surface area contributed by atoms with Crippen molar-refractivity contribution in [1.29, 1.82) is 0 Å².